The second-order valence-electron chi connectivity index (χ2n) is 4.60. The van der Waals surface area contributed by atoms with E-state index in [1.54, 1.807) is 11.6 Å². The van der Waals surface area contributed by atoms with E-state index < -0.39 is 4.92 Å². The van der Waals surface area contributed by atoms with Crippen molar-refractivity contribution in [2.75, 3.05) is 5.32 Å². The van der Waals surface area contributed by atoms with E-state index in [4.69, 9.17) is 0 Å². The lowest BCUT2D eigenvalue weighted by molar-refractivity contribution is -0.389. The first-order valence-electron chi connectivity index (χ1n) is 6.00. The highest BCUT2D eigenvalue weighted by Gasteiger charge is 2.23. The van der Waals surface area contributed by atoms with Crippen molar-refractivity contribution >= 4 is 33.6 Å². The number of anilines is 2. The number of thiazole rings is 1. The summed E-state index contributed by atoms with van der Waals surface area (Å²) < 4.78 is 1.48. The molecular weight excluding hydrogens is 276 g/mol. The second-order valence-corrected chi connectivity index (χ2v) is 5.47. The van der Waals surface area contributed by atoms with Crippen molar-refractivity contribution in [2.45, 2.75) is 13.8 Å². The fourth-order valence-electron chi connectivity index (χ4n) is 2.22. The predicted octanol–water partition coefficient (Wildman–Crippen LogP) is 3.66. The monoisotopic (exact) mass is 288 g/mol. The van der Waals surface area contributed by atoms with Gasteiger partial charge in [0.1, 0.15) is 6.20 Å². The Morgan fingerprint density at radius 3 is 2.65 bits per heavy atom. The van der Waals surface area contributed by atoms with Crippen LogP contribution in [0.5, 0.6) is 0 Å². The smallest absolute Gasteiger partial charge is 0.358 e. The third-order valence-electron chi connectivity index (χ3n) is 2.89. The number of nitro groups is 1. The van der Waals surface area contributed by atoms with E-state index in [-0.39, 0.29) is 11.6 Å². The summed E-state index contributed by atoms with van der Waals surface area (Å²) in [5.41, 5.74) is 2.99. The van der Waals surface area contributed by atoms with Gasteiger partial charge in [0, 0.05) is 11.1 Å². The predicted molar refractivity (Wildman–Crippen MR) is 78.9 cm³/mol. The van der Waals surface area contributed by atoms with Gasteiger partial charge in [0.05, 0.1) is 0 Å². The van der Waals surface area contributed by atoms with E-state index in [1.807, 2.05) is 32.0 Å². The normalized spacial score (nSPS) is 10.9. The van der Waals surface area contributed by atoms with Crippen LogP contribution < -0.4 is 5.32 Å². The van der Waals surface area contributed by atoms with Gasteiger partial charge in [-0.1, -0.05) is 17.4 Å². The zero-order chi connectivity index (χ0) is 14.3. The van der Waals surface area contributed by atoms with E-state index in [2.05, 4.69) is 10.3 Å². The molecule has 6 nitrogen and oxygen atoms in total. The number of nitrogens with one attached hydrogen (secondary N) is 1. The van der Waals surface area contributed by atoms with Crippen molar-refractivity contribution < 1.29 is 4.92 Å². The van der Waals surface area contributed by atoms with Crippen molar-refractivity contribution in [1.82, 2.24) is 9.38 Å². The van der Waals surface area contributed by atoms with Crippen molar-refractivity contribution in [3.05, 3.63) is 51.0 Å². The van der Waals surface area contributed by atoms with E-state index in [0.29, 0.717) is 4.96 Å². The highest BCUT2D eigenvalue weighted by molar-refractivity contribution is 7.15. The van der Waals surface area contributed by atoms with Gasteiger partial charge in [-0.15, -0.1) is 0 Å². The molecule has 0 unspecified atom stereocenters. The van der Waals surface area contributed by atoms with E-state index in [1.165, 1.54) is 15.7 Å². The Morgan fingerprint density at radius 2 is 2.00 bits per heavy atom. The topological polar surface area (TPSA) is 72.5 Å². The first kappa shape index (κ1) is 12.6. The summed E-state index contributed by atoms with van der Waals surface area (Å²) >= 11 is 1.36. The van der Waals surface area contributed by atoms with Crippen LogP contribution in [0.1, 0.15) is 11.1 Å². The number of nitrogens with zero attached hydrogens (tertiary/aromatic N) is 3. The van der Waals surface area contributed by atoms with Crippen molar-refractivity contribution in [3.63, 3.8) is 0 Å². The molecule has 0 bridgehead atoms. The van der Waals surface area contributed by atoms with Gasteiger partial charge in [-0.3, -0.25) is 0 Å². The Kier molecular flexibility index (Phi) is 2.90. The molecule has 1 aromatic carbocycles. The molecule has 2 heterocycles. The molecule has 0 saturated carbocycles. The van der Waals surface area contributed by atoms with Gasteiger partial charge in [0.2, 0.25) is 5.82 Å². The van der Waals surface area contributed by atoms with Crippen LogP contribution in [0.15, 0.2) is 29.8 Å². The van der Waals surface area contributed by atoms with Gasteiger partial charge in [0.25, 0.3) is 4.96 Å². The molecule has 20 heavy (non-hydrogen) atoms. The number of aryl methyl sites for hydroxylation is 2. The molecule has 0 atom stereocenters. The van der Waals surface area contributed by atoms with Crippen LogP contribution in [0.3, 0.4) is 0 Å². The minimum atomic E-state index is -0.419. The molecule has 2 aromatic heterocycles. The molecule has 0 aliphatic rings. The van der Waals surface area contributed by atoms with Crippen LogP contribution in [0.2, 0.25) is 0 Å². The van der Waals surface area contributed by atoms with Crippen LogP contribution in [-0.4, -0.2) is 14.3 Å². The lowest BCUT2D eigenvalue weighted by Gasteiger charge is -2.06. The van der Waals surface area contributed by atoms with Crippen molar-refractivity contribution in [2.24, 2.45) is 0 Å². The number of fused-ring (bicyclic) bond motifs is 1. The maximum atomic E-state index is 11.2. The first-order chi connectivity index (χ1) is 9.54. The molecule has 102 valence electrons. The summed E-state index contributed by atoms with van der Waals surface area (Å²) in [5.74, 6) is 0.229. The molecule has 7 heteroatoms. The molecule has 0 fully saturated rings. The standard InChI is InChI=1S/C13H12N4O2S/c1-8-5-9(2)7-10(6-8)14-11-12(17(18)19)16-3-4-20-13(16)15-11/h3-7,14H,1-2H3. The summed E-state index contributed by atoms with van der Waals surface area (Å²) in [6.45, 7) is 3.97. The highest BCUT2D eigenvalue weighted by Crippen LogP contribution is 2.30. The Bertz CT molecular complexity index is 786. The molecule has 0 aliphatic heterocycles. The van der Waals surface area contributed by atoms with Gasteiger partial charge < -0.3 is 15.4 Å². The number of rotatable bonds is 3. The maximum Gasteiger partial charge on any atom is 0.373 e. The van der Waals surface area contributed by atoms with Crippen molar-refractivity contribution in [1.29, 1.82) is 0 Å². The van der Waals surface area contributed by atoms with Crippen LogP contribution in [-0.2, 0) is 0 Å². The van der Waals surface area contributed by atoms with Gasteiger partial charge in [-0.2, -0.15) is 9.38 Å². The Morgan fingerprint density at radius 1 is 1.30 bits per heavy atom. The van der Waals surface area contributed by atoms with Crippen LogP contribution in [0.4, 0.5) is 17.3 Å². The average Bonchev–Trinajstić information content (AvgIpc) is 2.86. The number of benzene rings is 1. The summed E-state index contributed by atoms with van der Waals surface area (Å²) in [7, 11) is 0. The van der Waals surface area contributed by atoms with Crippen LogP contribution in [0, 0.1) is 24.0 Å². The zero-order valence-electron chi connectivity index (χ0n) is 11.0. The molecule has 3 rings (SSSR count). The second kappa shape index (κ2) is 4.61. The lowest BCUT2D eigenvalue weighted by Crippen LogP contribution is -1.98. The molecule has 3 aromatic rings. The SMILES string of the molecule is Cc1cc(C)cc(Nc2nc3sccn3c2[N+](=O)[O-])c1. The number of imidazole rings is 1. The fourth-order valence-corrected chi connectivity index (χ4v) is 2.92. The molecule has 0 spiro atoms. The highest BCUT2D eigenvalue weighted by atomic mass is 32.1. The average molecular weight is 288 g/mol. The Balaban J connectivity index is 2.07. The molecular formula is C13H12N4O2S. The third-order valence-corrected chi connectivity index (χ3v) is 3.65. The van der Waals surface area contributed by atoms with E-state index >= 15 is 0 Å². The van der Waals surface area contributed by atoms with Crippen molar-refractivity contribution in [3.8, 4) is 0 Å². The van der Waals surface area contributed by atoms with Crippen LogP contribution in [0.25, 0.3) is 4.96 Å². The number of aromatic nitrogens is 2. The molecule has 0 radical (unpaired) electrons. The Hall–Kier alpha value is -2.41. The largest absolute Gasteiger partial charge is 0.373 e. The van der Waals surface area contributed by atoms with Gasteiger partial charge in [0.15, 0.2) is 0 Å². The summed E-state index contributed by atoms with van der Waals surface area (Å²) in [6.07, 6.45) is 1.65. The van der Waals surface area contributed by atoms with E-state index in [9.17, 15) is 10.1 Å². The minimum absolute atomic E-state index is 0.0413. The van der Waals surface area contributed by atoms with E-state index in [0.717, 1.165) is 16.8 Å². The van der Waals surface area contributed by atoms with Gasteiger partial charge in [-0.25, -0.2) is 0 Å². The zero-order valence-corrected chi connectivity index (χ0v) is 11.8. The molecule has 1 N–H and O–H groups in total. The lowest BCUT2D eigenvalue weighted by atomic mass is 10.1. The molecule has 0 aliphatic carbocycles. The summed E-state index contributed by atoms with van der Waals surface area (Å²) in [5, 5.41) is 16.0. The summed E-state index contributed by atoms with van der Waals surface area (Å²) in [6, 6.07) is 5.92. The maximum absolute atomic E-state index is 11.2. The first-order valence-corrected chi connectivity index (χ1v) is 6.88. The molecule has 0 amide bonds. The van der Waals surface area contributed by atoms with Gasteiger partial charge >= 0.3 is 5.82 Å². The quantitative estimate of drug-likeness (QED) is 0.589. The fraction of sp³-hybridized carbons (Fsp3) is 0.154. The third kappa shape index (κ3) is 2.12. The van der Waals surface area contributed by atoms with Gasteiger partial charge in [-0.05, 0) is 42.0 Å². The van der Waals surface area contributed by atoms with Crippen LogP contribution >= 0.6 is 11.3 Å². The molecule has 0 saturated heterocycles. The summed E-state index contributed by atoms with van der Waals surface area (Å²) in [4.78, 5) is 15.7. The Labute approximate surface area is 118 Å². The minimum Gasteiger partial charge on any atom is -0.358 e. The number of hydrogen-bond acceptors (Lipinski definition) is 5. The number of hydrogen-bond donors (Lipinski definition) is 1.